The first-order valence-corrected chi connectivity index (χ1v) is 15.5. The van der Waals surface area contributed by atoms with Crippen molar-refractivity contribution in [1.82, 2.24) is 0 Å². The summed E-state index contributed by atoms with van der Waals surface area (Å²) >= 11 is 0. The third-order valence-corrected chi connectivity index (χ3v) is 8.65. The van der Waals surface area contributed by atoms with Crippen LogP contribution in [0, 0.1) is 0 Å². The fraction of sp³-hybridized carbons (Fsp3) is 0.516. The highest BCUT2D eigenvalue weighted by Gasteiger charge is 2.50. The van der Waals surface area contributed by atoms with Crippen molar-refractivity contribution in [2.75, 3.05) is 19.8 Å². The van der Waals surface area contributed by atoms with Gasteiger partial charge >= 0.3 is 0 Å². The highest BCUT2D eigenvalue weighted by molar-refractivity contribution is 5.88. The summed E-state index contributed by atoms with van der Waals surface area (Å²) in [5.74, 6) is -3.34. The van der Waals surface area contributed by atoms with Gasteiger partial charge in [-0.3, -0.25) is 4.79 Å². The summed E-state index contributed by atoms with van der Waals surface area (Å²) in [5.41, 5.74) is -1.48. The quantitative estimate of drug-likeness (QED) is 0.0984. The fourth-order valence-electron chi connectivity index (χ4n) is 5.79. The fourth-order valence-corrected chi connectivity index (χ4v) is 5.79. The van der Waals surface area contributed by atoms with E-state index in [0.717, 1.165) is 24.3 Å². The Hall–Kier alpha value is -3.87. The van der Waals surface area contributed by atoms with Gasteiger partial charge in [0.2, 0.25) is 23.8 Å². The summed E-state index contributed by atoms with van der Waals surface area (Å²) in [5, 5.41) is 122. The zero-order valence-electron chi connectivity index (χ0n) is 26.1. The van der Waals surface area contributed by atoms with Gasteiger partial charge in [-0.1, -0.05) is 0 Å². The minimum atomic E-state index is -1.92. The number of ether oxygens (including phenoxy) is 6. The van der Waals surface area contributed by atoms with Crippen molar-refractivity contribution in [3.8, 4) is 40.1 Å². The smallest absolute Gasteiger partial charge is 0.239 e. The molecule has 0 amide bonds. The third kappa shape index (κ3) is 7.02. The minimum absolute atomic E-state index is 0.0592. The monoisotopic (exact) mass is 728 g/mol. The summed E-state index contributed by atoms with van der Waals surface area (Å²) in [6, 6.07) is 5.29. The van der Waals surface area contributed by atoms with Crippen molar-refractivity contribution in [3.63, 3.8) is 0 Å². The molecule has 3 aromatic rings. The third-order valence-electron chi connectivity index (χ3n) is 8.65. The molecule has 13 unspecified atom stereocenters. The second-order valence-corrected chi connectivity index (χ2v) is 12.2. The predicted octanol–water partition coefficient (Wildman–Crippen LogP) is -3.96. The van der Waals surface area contributed by atoms with Crippen molar-refractivity contribution in [1.29, 1.82) is 0 Å². The highest BCUT2D eigenvalue weighted by Crippen LogP contribution is 2.40. The largest absolute Gasteiger partial charge is 0.507 e. The van der Waals surface area contributed by atoms with Crippen LogP contribution in [0.3, 0.4) is 0 Å². The molecule has 2 aromatic carbocycles. The molecule has 3 aliphatic rings. The number of fused-ring (bicyclic) bond motifs is 1. The van der Waals surface area contributed by atoms with Crippen LogP contribution in [0.4, 0.5) is 0 Å². The van der Waals surface area contributed by atoms with Gasteiger partial charge in [0.15, 0.2) is 23.5 Å². The Balaban J connectivity index is 1.31. The van der Waals surface area contributed by atoms with E-state index in [1.54, 1.807) is 0 Å². The molecule has 4 heterocycles. The SMILES string of the molecule is O=c1c(OC2OCC(O)C(O)C2O)c(-c2ccc(O)c(O)c2)oc2cc(OC3OC(CO)C(OC4OCC(O)C(O)C4O)C(O)C3O)cc(O)c12. The zero-order chi connectivity index (χ0) is 36.9. The van der Waals surface area contributed by atoms with E-state index >= 15 is 0 Å². The van der Waals surface area contributed by atoms with Crippen LogP contribution in [-0.4, -0.2) is 161 Å². The van der Waals surface area contributed by atoms with Crippen LogP contribution in [-0.2, 0) is 18.9 Å². The minimum Gasteiger partial charge on any atom is -0.507 e. The Morgan fingerprint density at radius 1 is 0.686 bits per heavy atom. The molecule has 3 saturated heterocycles. The van der Waals surface area contributed by atoms with Crippen molar-refractivity contribution < 1.29 is 94.1 Å². The molecule has 0 spiro atoms. The molecule has 1 aromatic heterocycles. The average Bonchev–Trinajstić information content (AvgIpc) is 3.10. The van der Waals surface area contributed by atoms with Gasteiger partial charge in [-0.25, -0.2) is 0 Å². The van der Waals surface area contributed by atoms with Crippen molar-refractivity contribution in [3.05, 3.63) is 40.6 Å². The molecule has 51 heavy (non-hydrogen) atoms. The number of benzene rings is 2. The molecule has 280 valence electrons. The van der Waals surface area contributed by atoms with Gasteiger partial charge in [-0.05, 0) is 18.2 Å². The first-order chi connectivity index (χ1) is 24.2. The van der Waals surface area contributed by atoms with Gasteiger partial charge in [-0.2, -0.15) is 0 Å². The summed E-state index contributed by atoms with van der Waals surface area (Å²) in [6.45, 7) is -1.74. The predicted molar refractivity (Wildman–Crippen MR) is 162 cm³/mol. The van der Waals surface area contributed by atoms with Gasteiger partial charge in [-0.15, -0.1) is 0 Å². The Morgan fingerprint density at radius 3 is 1.96 bits per heavy atom. The van der Waals surface area contributed by atoms with Crippen molar-refractivity contribution in [2.45, 2.75) is 79.9 Å². The molecule has 0 bridgehead atoms. The second-order valence-electron chi connectivity index (χ2n) is 12.2. The lowest BCUT2D eigenvalue weighted by molar-refractivity contribution is -0.339. The lowest BCUT2D eigenvalue weighted by Gasteiger charge is -2.44. The van der Waals surface area contributed by atoms with Gasteiger partial charge in [0.25, 0.3) is 0 Å². The number of phenols is 3. The first kappa shape index (κ1) is 36.9. The van der Waals surface area contributed by atoms with Crippen LogP contribution >= 0.6 is 0 Å². The zero-order valence-corrected chi connectivity index (χ0v) is 26.1. The molecule has 0 saturated carbocycles. The Labute approximate surface area is 285 Å². The summed E-state index contributed by atoms with van der Waals surface area (Å²) in [6.07, 6.45) is -21.7. The maximum Gasteiger partial charge on any atom is 0.239 e. The Kier molecular flexibility index (Phi) is 10.6. The van der Waals surface area contributed by atoms with Crippen LogP contribution in [0.15, 0.2) is 39.5 Å². The van der Waals surface area contributed by atoms with Crippen molar-refractivity contribution in [2.24, 2.45) is 0 Å². The molecule has 0 aliphatic carbocycles. The highest BCUT2D eigenvalue weighted by atomic mass is 16.7. The number of rotatable bonds is 8. The molecule has 3 fully saturated rings. The van der Waals surface area contributed by atoms with Gasteiger partial charge in [0, 0.05) is 17.7 Å². The Morgan fingerprint density at radius 2 is 1.31 bits per heavy atom. The topological polar surface area (TPSA) is 328 Å². The maximum absolute atomic E-state index is 13.8. The van der Waals surface area contributed by atoms with E-state index in [1.165, 1.54) is 6.07 Å². The van der Waals surface area contributed by atoms with Gasteiger partial charge in [0.05, 0.1) is 19.8 Å². The number of hydrogen-bond donors (Lipinski definition) is 12. The van der Waals surface area contributed by atoms with E-state index < -0.39 is 139 Å². The van der Waals surface area contributed by atoms with Crippen LogP contribution in [0.25, 0.3) is 22.3 Å². The number of aromatic hydroxyl groups is 3. The van der Waals surface area contributed by atoms with Gasteiger partial charge < -0.3 is 94.1 Å². The number of phenolic OH excluding ortho intramolecular Hbond substituents is 3. The summed E-state index contributed by atoms with van der Waals surface area (Å²) in [4.78, 5) is 13.8. The van der Waals surface area contributed by atoms with Crippen LogP contribution in [0.1, 0.15) is 0 Å². The molecule has 20 nitrogen and oxygen atoms in total. The molecule has 20 heteroatoms. The molecule has 12 N–H and O–H groups in total. The standard InChI is InChI=1S/C31H36O20/c32-6-17-27(50-29-23(42)19(38)14(36)7-45-29)22(41)25(44)31(49-17)47-10-4-13(35)18-16(5-10)48-26(9-1-2-11(33)12(34)3-9)28(21(18)40)51-30-24(43)20(39)15(37)8-46-30/h1-5,14-15,17,19-20,22-25,27,29-39,41-44H,6-8H2. The van der Waals surface area contributed by atoms with E-state index in [4.69, 9.17) is 32.8 Å². The van der Waals surface area contributed by atoms with E-state index in [1.807, 2.05) is 0 Å². The maximum atomic E-state index is 13.8. The molecular weight excluding hydrogens is 692 g/mol. The number of hydrogen-bond acceptors (Lipinski definition) is 20. The number of aliphatic hydroxyl groups excluding tert-OH is 9. The molecule has 6 rings (SSSR count). The Bertz CT molecular complexity index is 1760. The summed E-state index contributed by atoms with van der Waals surface area (Å²) in [7, 11) is 0. The van der Waals surface area contributed by atoms with Gasteiger partial charge in [0.1, 0.15) is 83.5 Å². The van der Waals surface area contributed by atoms with E-state index in [0.29, 0.717) is 0 Å². The molecule has 3 aliphatic heterocycles. The average molecular weight is 729 g/mol. The van der Waals surface area contributed by atoms with Crippen LogP contribution < -0.4 is 14.9 Å². The van der Waals surface area contributed by atoms with Crippen LogP contribution in [0.2, 0.25) is 0 Å². The molecular formula is C31H36O20. The second kappa shape index (κ2) is 14.6. The van der Waals surface area contributed by atoms with E-state index in [-0.39, 0.29) is 16.9 Å². The summed E-state index contributed by atoms with van der Waals surface area (Å²) < 4.78 is 38.7. The molecule has 13 atom stereocenters. The van der Waals surface area contributed by atoms with Crippen molar-refractivity contribution >= 4 is 11.0 Å². The van der Waals surface area contributed by atoms with Crippen LogP contribution in [0.5, 0.6) is 28.7 Å². The van der Waals surface area contributed by atoms with E-state index in [9.17, 15) is 66.1 Å². The normalized spacial score (nSPS) is 35.8. The number of aliphatic hydroxyl groups is 9. The van der Waals surface area contributed by atoms with E-state index in [2.05, 4.69) is 0 Å². The lowest BCUT2D eigenvalue weighted by atomic mass is 9.98. The first-order valence-electron chi connectivity index (χ1n) is 15.5. The lowest BCUT2D eigenvalue weighted by Crippen LogP contribution is -2.63. The molecule has 0 radical (unpaired) electrons.